The molecule has 0 saturated carbocycles. The van der Waals surface area contributed by atoms with Gasteiger partial charge in [0.25, 0.3) is 5.91 Å². The molecule has 0 fully saturated rings. The van der Waals surface area contributed by atoms with Crippen LogP contribution in [0.15, 0.2) is 66.7 Å². The highest BCUT2D eigenvalue weighted by molar-refractivity contribution is 6.05. The third-order valence-corrected chi connectivity index (χ3v) is 5.51. The number of carbonyl (C=O) groups excluding carboxylic acids is 1. The number of fused-ring (bicyclic) bond motifs is 2. The van der Waals surface area contributed by atoms with E-state index in [4.69, 9.17) is 5.73 Å². The smallest absolute Gasteiger partial charge is 0.273 e. The molecule has 2 heterocycles. The van der Waals surface area contributed by atoms with Gasteiger partial charge in [0, 0.05) is 18.5 Å². The highest BCUT2D eigenvalue weighted by Gasteiger charge is 2.26. The highest BCUT2D eigenvalue weighted by atomic mass is 16.3. The molecule has 4 aromatic rings. The summed E-state index contributed by atoms with van der Waals surface area (Å²) in [5.74, 6) is -0.0688. The van der Waals surface area contributed by atoms with Crippen molar-refractivity contribution >= 4 is 22.8 Å². The number of nitrogens with zero attached hydrogens (tertiary/aromatic N) is 3. The fourth-order valence-corrected chi connectivity index (χ4v) is 3.92. The Balaban J connectivity index is 1.56. The number of nitrogens with two attached hydrogens (primary N) is 1. The summed E-state index contributed by atoms with van der Waals surface area (Å²) in [6, 6.07) is 21.5. The highest BCUT2D eigenvalue weighted by Crippen LogP contribution is 2.29. The van der Waals surface area contributed by atoms with E-state index >= 15 is 0 Å². The van der Waals surface area contributed by atoms with Gasteiger partial charge in [-0.25, -0.2) is 9.97 Å². The van der Waals surface area contributed by atoms with Crippen molar-refractivity contribution in [2.75, 3.05) is 5.73 Å². The predicted molar refractivity (Wildman–Crippen MR) is 115 cm³/mol. The summed E-state index contributed by atoms with van der Waals surface area (Å²) in [6.07, 6.45) is 0. The molecule has 30 heavy (non-hydrogen) atoms. The molecule has 148 valence electrons. The minimum Gasteiger partial charge on any atom is -0.392 e. The Morgan fingerprint density at radius 1 is 0.933 bits per heavy atom. The van der Waals surface area contributed by atoms with Crippen molar-refractivity contribution in [3.8, 4) is 11.1 Å². The lowest BCUT2D eigenvalue weighted by Gasteiger charge is -2.16. The molecule has 1 amide bonds. The van der Waals surface area contributed by atoms with E-state index in [1.807, 2.05) is 66.7 Å². The fourth-order valence-electron chi connectivity index (χ4n) is 3.92. The molecule has 6 nitrogen and oxygen atoms in total. The van der Waals surface area contributed by atoms with Crippen LogP contribution in [0, 0.1) is 0 Å². The molecule has 0 aliphatic carbocycles. The van der Waals surface area contributed by atoms with Gasteiger partial charge in [-0.1, -0.05) is 54.6 Å². The topological polar surface area (TPSA) is 92.3 Å². The van der Waals surface area contributed by atoms with Crippen molar-refractivity contribution in [3.05, 3.63) is 89.1 Å². The molecule has 1 aliphatic rings. The van der Waals surface area contributed by atoms with Crippen molar-refractivity contribution in [1.29, 1.82) is 0 Å². The van der Waals surface area contributed by atoms with Crippen molar-refractivity contribution in [2.24, 2.45) is 0 Å². The van der Waals surface area contributed by atoms with Crippen LogP contribution in [0.1, 0.15) is 27.2 Å². The van der Waals surface area contributed by atoms with E-state index in [1.54, 1.807) is 4.90 Å². The summed E-state index contributed by atoms with van der Waals surface area (Å²) in [5, 5.41) is 9.94. The second-order valence-electron chi connectivity index (χ2n) is 7.45. The second-order valence-corrected chi connectivity index (χ2v) is 7.45. The zero-order valence-electron chi connectivity index (χ0n) is 16.2. The van der Waals surface area contributed by atoms with E-state index < -0.39 is 0 Å². The molecule has 0 unspecified atom stereocenters. The summed E-state index contributed by atoms with van der Waals surface area (Å²) >= 11 is 0. The molecule has 3 aromatic carbocycles. The normalized spacial score (nSPS) is 12.9. The third kappa shape index (κ3) is 3.17. The molecular weight excluding hydrogens is 376 g/mol. The van der Waals surface area contributed by atoms with Crippen LogP contribution in [-0.2, 0) is 19.7 Å². The van der Waals surface area contributed by atoms with E-state index in [0.29, 0.717) is 29.7 Å². The molecule has 0 bridgehead atoms. The predicted octanol–water partition coefficient (Wildman–Crippen LogP) is 3.53. The van der Waals surface area contributed by atoms with Crippen LogP contribution in [0.5, 0.6) is 0 Å². The summed E-state index contributed by atoms with van der Waals surface area (Å²) < 4.78 is 0. The largest absolute Gasteiger partial charge is 0.392 e. The number of hydrogen-bond donors (Lipinski definition) is 2. The molecular formula is C24H20N4O2. The van der Waals surface area contributed by atoms with Crippen LogP contribution in [0.3, 0.4) is 0 Å². The van der Waals surface area contributed by atoms with Gasteiger partial charge in [0.2, 0.25) is 5.95 Å². The third-order valence-electron chi connectivity index (χ3n) is 5.51. The maximum Gasteiger partial charge on any atom is 0.273 e. The van der Waals surface area contributed by atoms with Gasteiger partial charge in [0.05, 0.1) is 12.1 Å². The number of aromatic nitrogens is 2. The molecule has 1 aliphatic heterocycles. The number of nitrogen functional groups attached to an aromatic ring is 1. The average molecular weight is 396 g/mol. The maximum absolute atomic E-state index is 13.4. The van der Waals surface area contributed by atoms with Crippen molar-refractivity contribution in [1.82, 2.24) is 14.9 Å². The Kier molecular flexibility index (Phi) is 4.41. The van der Waals surface area contributed by atoms with Crippen LogP contribution >= 0.6 is 0 Å². The van der Waals surface area contributed by atoms with E-state index in [9.17, 15) is 9.90 Å². The lowest BCUT2D eigenvalue weighted by atomic mass is 10.0. The lowest BCUT2D eigenvalue weighted by Crippen LogP contribution is -2.27. The summed E-state index contributed by atoms with van der Waals surface area (Å²) in [5.41, 5.74) is 11.9. The summed E-state index contributed by atoms with van der Waals surface area (Å²) in [6.45, 7) is 1.12. The second kappa shape index (κ2) is 7.24. The van der Waals surface area contributed by atoms with E-state index in [2.05, 4.69) is 9.97 Å². The van der Waals surface area contributed by atoms with Gasteiger partial charge >= 0.3 is 0 Å². The number of carbonyl (C=O) groups is 1. The Bertz CT molecular complexity index is 1240. The average Bonchev–Trinajstić information content (AvgIpc) is 3.22. The standard InChI is InChI=1S/C24H20N4O2/c25-24-26-21-10-9-17(16-7-5-15(14-29)6-8-16)11-20(21)22(27-24)23(30)28-12-18-3-1-2-4-19(18)13-28/h1-11,29H,12-14H2,(H2,25,26,27). The summed E-state index contributed by atoms with van der Waals surface area (Å²) in [4.78, 5) is 23.8. The number of benzene rings is 3. The Morgan fingerprint density at radius 2 is 1.60 bits per heavy atom. The van der Waals surface area contributed by atoms with Crippen LogP contribution in [-0.4, -0.2) is 25.9 Å². The molecule has 3 N–H and O–H groups in total. The first kappa shape index (κ1) is 18.3. The first-order chi connectivity index (χ1) is 14.6. The van der Waals surface area contributed by atoms with Crippen LogP contribution in [0.4, 0.5) is 5.95 Å². The van der Waals surface area contributed by atoms with Gasteiger partial charge in [-0.05, 0) is 39.9 Å². The number of aliphatic hydroxyl groups excluding tert-OH is 1. The number of hydrogen-bond acceptors (Lipinski definition) is 5. The monoisotopic (exact) mass is 396 g/mol. The van der Waals surface area contributed by atoms with Gasteiger partial charge in [0.15, 0.2) is 0 Å². The Hall–Kier alpha value is -3.77. The van der Waals surface area contributed by atoms with Crippen LogP contribution in [0.25, 0.3) is 22.0 Å². The number of amides is 1. The van der Waals surface area contributed by atoms with Gasteiger partial charge in [-0.2, -0.15) is 0 Å². The fraction of sp³-hybridized carbons (Fsp3) is 0.125. The van der Waals surface area contributed by atoms with Crippen molar-refractivity contribution in [3.63, 3.8) is 0 Å². The maximum atomic E-state index is 13.4. The number of rotatable bonds is 3. The number of anilines is 1. The first-order valence-electron chi connectivity index (χ1n) is 9.76. The lowest BCUT2D eigenvalue weighted by molar-refractivity contribution is 0.0747. The molecule has 6 heteroatoms. The van der Waals surface area contributed by atoms with E-state index in [-0.39, 0.29) is 18.5 Å². The molecule has 1 aromatic heterocycles. The zero-order valence-corrected chi connectivity index (χ0v) is 16.2. The van der Waals surface area contributed by atoms with Gasteiger partial charge in [-0.15, -0.1) is 0 Å². The summed E-state index contributed by atoms with van der Waals surface area (Å²) in [7, 11) is 0. The van der Waals surface area contributed by atoms with Crippen LogP contribution in [0.2, 0.25) is 0 Å². The van der Waals surface area contributed by atoms with Gasteiger partial charge in [-0.3, -0.25) is 4.79 Å². The molecule has 0 radical (unpaired) electrons. The molecule has 0 saturated heterocycles. The number of aliphatic hydroxyl groups is 1. The van der Waals surface area contributed by atoms with E-state index in [0.717, 1.165) is 27.8 Å². The van der Waals surface area contributed by atoms with Crippen molar-refractivity contribution in [2.45, 2.75) is 19.7 Å². The Morgan fingerprint density at radius 3 is 2.27 bits per heavy atom. The minimum atomic E-state index is -0.155. The molecule has 5 rings (SSSR count). The van der Waals surface area contributed by atoms with Crippen LogP contribution < -0.4 is 5.73 Å². The Labute approximate surface area is 173 Å². The van der Waals surface area contributed by atoms with Crippen molar-refractivity contribution < 1.29 is 9.90 Å². The SMILES string of the molecule is Nc1nc(C(=O)N2Cc3ccccc3C2)c2cc(-c3ccc(CO)cc3)ccc2n1. The molecule has 0 atom stereocenters. The van der Waals surface area contributed by atoms with Gasteiger partial charge in [0.1, 0.15) is 5.69 Å². The van der Waals surface area contributed by atoms with Gasteiger partial charge < -0.3 is 15.7 Å². The van der Waals surface area contributed by atoms with E-state index in [1.165, 1.54) is 0 Å². The first-order valence-corrected chi connectivity index (χ1v) is 9.76. The minimum absolute atomic E-state index is 0.00198. The quantitative estimate of drug-likeness (QED) is 0.553. The molecule has 0 spiro atoms. The zero-order chi connectivity index (χ0) is 20.7.